The highest BCUT2D eigenvalue weighted by Crippen LogP contribution is 2.44. The summed E-state index contributed by atoms with van der Waals surface area (Å²) in [6, 6.07) is 46.2. The van der Waals surface area contributed by atoms with Crippen LogP contribution in [0.25, 0.3) is 99.7 Å². The van der Waals surface area contributed by atoms with Crippen molar-refractivity contribution in [1.29, 1.82) is 0 Å². The Bertz CT molecular complexity index is 3050. The van der Waals surface area contributed by atoms with Gasteiger partial charge >= 0.3 is 0 Å². The van der Waals surface area contributed by atoms with E-state index in [4.69, 9.17) is 9.97 Å². The molecule has 0 radical (unpaired) electrons. The number of nitrogens with zero attached hydrogens (tertiary/aromatic N) is 3. The highest BCUT2D eigenvalue weighted by atomic mass is 32.1. The molecule has 46 heavy (non-hydrogen) atoms. The minimum absolute atomic E-state index is 0.703. The van der Waals surface area contributed by atoms with Crippen LogP contribution < -0.4 is 0 Å². The summed E-state index contributed by atoms with van der Waals surface area (Å²) in [5, 5.41) is 8.81. The van der Waals surface area contributed by atoms with E-state index in [9.17, 15) is 0 Å². The van der Waals surface area contributed by atoms with Crippen molar-refractivity contribution in [1.82, 2.24) is 14.5 Å². The first-order valence-electron chi connectivity index (χ1n) is 15.2. The SMILES string of the molecule is c1ccc2c(c1)sc1cc(-c3nc(-n4c5ccccc5c5cc6c(cc54)sc4ccccc46)nc4c3sc3ccccc34)ccc12. The molecule has 214 valence electrons. The highest BCUT2D eigenvalue weighted by molar-refractivity contribution is 7.27. The van der Waals surface area contributed by atoms with Gasteiger partial charge in [-0.3, -0.25) is 4.57 Å². The van der Waals surface area contributed by atoms with Gasteiger partial charge in [-0.1, -0.05) is 84.9 Å². The Morgan fingerprint density at radius 1 is 0.413 bits per heavy atom. The van der Waals surface area contributed by atoms with Gasteiger partial charge in [0.25, 0.3) is 0 Å². The Morgan fingerprint density at radius 2 is 1.02 bits per heavy atom. The zero-order chi connectivity index (χ0) is 29.9. The lowest BCUT2D eigenvalue weighted by Gasteiger charge is -2.10. The first-order chi connectivity index (χ1) is 22.8. The first kappa shape index (κ1) is 25.1. The molecule has 0 aliphatic carbocycles. The van der Waals surface area contributed by atoms with Crippen LogP contribution in [0.1, 0.15) is 0 Å². The van der Waals surface area contributed by atoms with Gasteiger partial charge in [-0.15, -0.1) is 34.0 Å². The van der Waals surface area contributed by atoms with Crippen molar-refractivity contribution in [2.75, 3.05) is 0 Å². The molecule has 0 saturated heterocycles. The second kappa shape index (κ2) is 9.21. The molecule has 0 saturated carbocycles. The molecule has 0 atom stereocenters. The number of aromatic nitrogens is 3. The lowest BCUT2D eigenvalue weighted by Crippen LogP contribution is -2.02. The molecule has 3 nitrogen and oxygen atoms in total. The van der Waals surface area contributed by atoms with Crippen molar-refractivity contribution in [2.45, 2.75) is 0 Å². The van der Waals surface area contributed by atoms with E-state index in [0.29, 0.717) is 5.95 Å². The van der Waals surface area contributed by atoms with Crippen LogP contribution in [-0.4, -0.2) is 14.5 Å². The summed E-state index contributed by atoms with van der Waals surface area (Å²) in [5.41, 5.74) is 5.35. The number of para-hydroxylation sites is 1. The Morgan fingerprint density at radius 3 is 1.80 bits per heavy atom. The molecule has 0 amide bonds. The second-order valence-electron chi connectivity index (χ2n) is 11.8. The number of benzene rings is 6. The molecule has 0 unspecified atom stereocenters. The van der Waals surface area contributed by atoms with Gasteiger partial charge in [-0.05, 0) is 42.5 Å². The van der Waals surface area contributed by atoms with Gasteiger partial charge in [0.2, 0.25) is 5.95 Å². The van der Waals surface area contributed by atoms with Crippen LogP contribution in [0.3, 0.4) is 0 Å². The van der Waals surface area contributed by atoms with Crippen LogP contribution in [0.5, 0.6) is 0 Å². The topological polar surface area (TPSA) is 30.7 Å². The molecule has 5 heterocycles. The van der Waals surface area contributed by atoms with Crippen LogP contribution in [0.15, 0.2) is 127 Å². The molecule has 0 aliphatic heterocycles. The average molecular weight is 640 g/mol. The number of hydrogen-bond donors (Lipinski definition) is 0. The molecule has 6 heteroatoms. The van der Waals surface area contributed by atoms with Crippen molar-refractivity contribution in [2.24, 2.45) is 0 Å². The minimum Gasteiger partial charge on any atom is -0.278 e. The van der Waals surface area contributed by atoms with Gasteiger partial charge < -0.3 is 0 Å². The van der Waals surface area contributed by atoms with E-state index in [-0.39, 0.29) is 0 Å². The zero-order valence-corrected chi connectivity index (χ0v) is 26.6. The fourth-order valence-corrected chi connectivity index (χ4v) is 10.6. The number of fused-ring (bicyclic) bond motifs is 12. The van der Waals surface area contributed by atoms with Crippen molar-refractivity contribution in [3.8, 4) is 17.2 Å². The Labute approximate surface area is 274 Å². The maximum Gasteiger partial charge on any atom is 0.235 e. The molecular formula is C40H21N3S3. The van der Waals surface area contributed by atoms with Crippen molar-refractivity contribution >= 4 is 116 Å². The molecule has 0 fully saturated rings. The summed E-state index contributed by atoms with van der Waals surface area (Å²) < 4.78 is 9.79. The predicted octanol–water partition coefficient (Wildman–Crippen LogP) is 12.3. The van der Waals surface area contributed by atoms with E-state index >= 15 is 0 Å². The summed E-state index contributed by atoms with van der Waals surface area (Å²) >= 11 is 5.47. The predicted molar refractivity (Wildman–Crippen MR) is 200 cm³/mol. The van der Waals surface area contributed by atoms with Crippen LogP contribution >= 0.6 is 34.0 Å². The zero-order valence-electron chi connectivity index (χ0n) is 24.2. The second-order valence-corrected chi connectivity index (χ2v) is 15.0. The van der Waals surface area contributed by atoms with Gasteiger partial charge in [0, 0.05) is 66.8 Å². The third kappa shape index (κ3) is 3.41. The molecule has 6 aromatic carbocycles. The molecule has 0 N–H and O–H groups in total. The van der Waals surface area contributed by atoms with E-state index in [0.717, 1.165) is 32.5 Å². The van der Waals surface area contributed by atoms with Gasteiger partial charge in [0.1, 0.15) is 0 Å². The smallest absolute Gasteiger partial charge is 0.235 e. The average Bonchev–Trinajstić information content (AvgIpc) is 3.85. The van der Waals surface area contributed by atoms with E-state index < -0.39 is 0 Å². The highest BCUT2D eigenvalue weighted by Gasteiger charge is 2.21. The fourth-order valence-electron chi connectivity index (χ4n) is 7.15. The summed E-state index contributed by atoms with van der Waals surface area (Å²) in [7, 11) is 0. The number of thiophene rings is 3. The summed E-state index contributed by atoms with van der Waals surface area (Å²) in [5.74, 6) is 0.703. The monoisotopic (exact) mass is 639 g/mol. The number of rotatable bonds is 2. The Balaban J connectivity index is 1.25. The third-order valence-corrected chi connectivity index (χ3v) is 12.7. The van der Waals surface area contributed by atoms with Crippen LogP contribution in [0, 0.1) is 0 Å². The Hall–Kier alpha value is -5.14. The van der Waals surface area contributed by atoms with Gasteiger partial charge in [-0.25, -0.2) is 9.97 Å². The first-order valence-corrected chi connectivity index (χ1v) is 17.7. The summed E-state index contributed by atoms with van der Waals surface area (Å²) in [6.07, 6.45) is 0. The summed E-state index contributed by atoms with van der Waals surface area (Å²) in [6.45, 7) is 0. The largest absolute Gasteiger partial charge is 0.278 e. The summed E-state index contributed by atoms with van der Waals surface area (Å²) in [4.78, 5) is 10.8. The van der Waals surface area contributed by atoms with Crippen LogP contribution in [-0.2, 0) is 0 Å². The van der Waals surface area contributed by atoms with E-state index in [1.54, 1.807) is 11.3 Å². The van der Waals surface area contributed by atoms with Crippen LogP contribution in [0.4, 0.5) is 0 Å². The minimum atomic E-state index is 0.703. The van der Waals surface area contributed by atoms with Crippen molar-refractivity contribution in [3.05, 3.63) is 127 Å². The standard InChI is InChI=1S/C40H21N3S3/c1-5-13-30-23(9-1)28-20-29-25-11-3-7-15-33(25)45-36(29)21-31(28)43(30)40-41-37(39-38(42-40)27-12-4-8-16-34(27)46-39)22-17-18-26-24-10-2-6-14-32(24)44-35(26)19-22/h1-21H. The van der Waals surface area contributed by atoms with Crippen molar-refractivity contribution < 1.29 is 0 Å². The molecular weight excluding hydrogens is 619 g/mol. The molecule has 0 spiro atoms. The van der Waals surface area contributed by atoms with E-state index in [1.165, 1.54) is 61.2 Å². The molecule has 11 aromatic rings. The quantitative estimate of drug-likeness (QED) is 0.188. The molecule has 0 bridgehead atoms. The van der Waals surface area contributed by atoms with E-state index in [2.05, 4.69) is 132 Å². The lowest BCUT2D eigenvalue weighted by atomic mass is 10.1. The molecule has 11 rings (SSSR count). The van der Waals surface area contributed by atoms with Crippen molar-refractivity contribution in [3.63, 3.8) is 0 Å². The molecule has 0 aliphatic rings. The van der Waals surface area contributed by atoms with Gasteiger partial charge in [-0.2, -0.15) is 0 Å². The maximum absolute atomic E-state index is 5.46. The van der Waals surface area contributed by atoms with E-state index in [1.807, 2.05) is 22.7 Å². The van der Waals surface area contributed by atoms with Crippen LogP contribution in [0.2, 0.25) is 0 Å². The normalized spacial score (nSPS) is 12.3. The lowest BCUT2D eigenvalue weighted by molar-refractivity contribution is 1.02. The van der Waals surface area contributed by atoms with Gasteiger partial charge in [0.05, 0.1) is 26.9 Å². The fraction of sp³-hybridized carbons (Fsp3) is 0. The maximum atomic E-state index is 5.46. The third-order valence-electron chi connectivity index (χ3n) is 9.23. The number of hydrogen-bond acceptors (Lipinski definition) is 5. The Kier molecular flexibility index (Phi) is 5.02. The molecule has 5 aromatic heterocycles. The van der Waals surface area contributed by atoms with Gasteiger partial charge in [0.15, 0.2) is 0 Å².